The number of nitrogens with zero attached hydrogens (tertiary/aromatic N) is 2. The van der Waals surface area contributed by atoms with Crippen molar-refractivity contribution in [2.24, 2.45) is 5.92 Å². The van der Waals surface area contributed by atoms with Crippen molar-refractivity contribution < 1.29 is 14.5 Å². The Hall–Kier alpha value is -1.88. The predicted octanol–water partition coefficient (Wildman–Crippen LogP) is 0.0949. The van der Waals surface area contributed by atoms with E-state index in [0.717, 1.165) is 44.0 Å². The molecule has 124 valence electrons. The lowest BCUT2D eigenvalue weighted by Gasteiger charge is -2.33. The Bertz CT molecular complexity index is 594. The van der Waals surface area contributed by atoms with Crippen molar-refractivity contribution in [1.82, 2.24) is 4.90 Å². The van der Waals surface area contributed by atoms with Gasteiger partial charge in [0.25, 0.3) is 0 Å². The number of carbonyl (C=O) groups excluding carboxylic acids is 2. The number of para-hydroxylation sites is 1. The molecule has 0 radical (unpaired) electrons. The van der Waals surface area contributed by atoms with Crippen LogP contribution in [0.3, 0.4) is 0 Å². The molecule has 5 nitrogen and oxygen atoms in total. The highest BCUT2D eigenvalue weighted by Gasteiger charge is 2.38. The number of carbonyl (C=O) groups is 2. The maximum absolute atomic E-state index is 12.7. The normalized spacial score (nSPS) is 22.7. The fraction of sp³-hybridized carbons (Fsp3) is 0.556. The van der Waals surface area contributed by atoms with Crippen LogP contribution in [0.4, 0.5) is 5.69 Å². The topological polar surface area (TPSA) is 45.1 Å². The summed E-state index contributed by atoms with van der Waals surface area (Å²) in [6.45, 7) is 9.49. The first-order chi connectivity index (χ1) is 11.1. The van der Waals surface area contributed by atoms with Gasteiger partial charge in [-0.2, -0.15) is 0 Å². The quantitative estimate of drug-likeness (QED) is 0.859. The largest absolute Gasteiger partial charge is 0.332 e. The van der Waals surface area contributed by atoms with Crippen LogP contribution in [0.1, 0.15) is 18.9 Å². The first kappa shape index (κ1) is 16.0. The average Bonchev–Trinajstić information content (AvgIpc) is 2.96. The standard InChI is InChI=1S/C18H25N3O2/c1-3-19-8-10-20(11-9-19)18(23)15-12-17(22)21(13-15)16-7-5-4-6-14(16)2/h4-7,15H,3,8-13H2,1-2H3/p+1/t15-/m0/s1. The van der Waals surface area contributed by atoms with Gasteiger partial charge in [0, 0.05) is 18.7 Å². The van der Waals surface area contributed by atoms with Crippen molar-refractivity contribution in [3.05, 3.63) is 29.8 Å². The first-order valence-electron chi connectivity index (χ1n) is 8.58. The van der Waals surface area contributed by atoms with E-state index >= 15 is 0 Å². The third-order valence-corrected chi connectivity index (χ3v) is 5.16. The number of quaternary nitrogens is 1. The molecule has 23 heavy (non-hydrogen) atoms. The zero-order valence-corrected chi connectivity index (χ0v) is 14.0. The predicted molar refractivity (Wildman–Crippen MR) is 89.5 cm³/mol. The fourth-order valence-corrected chi connectivity index (χ4v) is 3.63. The van der Waals surface area contributed by atoms with Gasteiger partial charge in [-0.25, -0.2) is 0 Å². The molecule has 2 heterocycles. The van der Waals surface area contributed by atoms with Crippen LogP contribution in [0.15, 0.2) is 24.3 Å². The monoisotopic (exact) mass is 316 g/mol. The number of anilines is 1. The van der Waals surface area contributed by atoms with Crippen LogP contribution in [0.25, 0.3) is 0 Å². The SMILES string of the molecule is CC[NH+]1CCN(C(=O)[C@H]2CC(=O)N(c3ccccc3C)C2)CC1. The lowest BCUT2D eigenvalue weighted by Crippen LogP contribution is -3.14. The summed E-state index contributed by atoms with van der Waals surface area (Å²) in [5, 5.41) is 0. The van der Waals surface area contributed by atoms with Gasteiger partial charge in [0.05, 0.1) is 38.6 Å². The van der Waals surface area contributed by atoms with Gasteiger partial charge in [-0.15, -0.1) is 0 Å². The Morgan fingerprint density at radius 2 is 1.96 bits per heavy atom. The van der Waals surface area contributed by atoms with Crippen LogP contribution in [0, 0.1) is 12.8 Å². The van der Waals surface area contributed by atoms with E-state index in [1.807, 2.05) is 36.1 Å². The number of likely N-dealkylation sites (N-methyl/N-ethyl adjacent to an activating group) is 1. The molecule has 2 fully saturated rings. The van der Waals surface area contributed by atoms with E-state index in [1.54, 1.807) is 9.80 Å². The molecular formula is C18H26N3O2+. The highest BCUT2D eigenvalue weighted by molar-refractivity contribution is 6.00. The van der Waals surface area contributed by atoms with Gasteiger partial charge in [0.1, 0.15) is 0 Å². The average molecular weight is 316 g/mol. The number of nitrogens with one attached hydrogen (secondary N) is 1. The van der Waals surface area contributed by atoms with Crippen molar-refractivity contribution in [3.8, 4) is 0 Å². The van der Waals surface area contributed by atoms with E-state index in [1.165, 1.54) is 0 Å². The highest BCUT2D eigenvalue weighted by atomic mass is 16.2. The van der Waals surface area contributed by atoms with Crippen LogP contribution in [-0.4, -0.2) is 56.0 Å². The van der Waals surface area contributed by atoms with Crippen LogP contribution in [-0.2, 0) is 9.59 Å². The van der Waals surface area contributed by atoms with Crippen LogP contribution < -0.4 is 9.80 Å². The first-order valence-corrected chi connectivity index (χ1v) is 8.58. The number of benzene rings is 1. The minimum atomic E-state index is -0.190. The van der Waals surface area contributed by atoms with E-state index in [9.17, 15) is 9.59 Å². The van der Waals surface area contributed by atoms with E-state index in [-0.39, 0.29) is 17.7 Å². The zero-order chi connectivity index (χ0) is 16.4. The maximum atomic E-state index is 12.7. The van der Waals surface area contributed by atoms with Gasteiger partial charge >= 0.3 is 0 Å². The second-order valence-corrected chi connectivity index (χ2v) is 6.62. The maximum Gasteiger partial charge on any atom is 0.228 e. The highest BCUT2D eigenvalue weighted by Crippen LogP contribution is 2.28. The van der Waals surface area contributed by atoms with Crippen molar-refractivity contribution in [3.63, 3.8) is 0 Å². The summed E-state index contributed by atoms with van der Waals surface area (Å²) in [5.74, 6) is 0.0327. The van der Waals surface area contributed by atoms with Gasteiger partial charge in [0.2, 0.25) is 11.8 Å². The smallest absolute Gasteiger partial charge is 0.228 e. The van der Waals surface area contributed by atoms with E-state index in [0.29, 0.717) is 13.0 Å². The molecule has 0 aliphatic carbocycles. The number of rotatable bonds is 3. The molecular weight excluding hydrogens is 290 g/mol. The van der Waals surface area contributed by atoms with Gasteiger partial charge in [-0.3, -0.25) is 9.59 Å². The molecule has 2 aliphatic heterocycles. The molecule has 2 saturated heterocycles. The summed E-state index contributed by atoms with van der Waals surface area (Å²) in [4.78, 5) is 30.4. The molecule has 0 aromatic heterocycles. The molecule has 2 amide bonds. The van der Waals surface area contributed by atoms with Crippen LogP contribution in [0.5, 0.6) is 0 Å². The number of hydrogen-bond donors (Lipinski definition) is 1. The molecule has 1 N–H and O–H groups in total. The zero-order valence-electron chi connectivity index (χ0n) is 14.0. The van der Waals surface area contributed by atoms with E-state index in [2.05, 4.69) is 6.92 Å². The molecule has 0 unspecified atom stereocenters. The molecule has 1 aromatic carbocycles. The van der Waals surface area contributed by atoms with Crippen molar-refractivity contribution in [1.29, 1.82) is 0 Å². The summed E-state index contributed by atoms with van der Waals surface area (Å²) in [6, 6.07) is 7.88. The molecule has 2 aliphatic rings. The van der Waals surface area contributed by atoms with Gasteiger partial charge in [-0.1, -0.05) is 18.2 Å². The molecule has 0 spiro atoms. The summed E-state index contributed by atoms with van der Waals surface area (Å²) in [5.41, 5.74) is 2.02. The van der Waals surface area contributed by atoms with Crippen molar-refractivity contribution >= 4 is 17.5 Å². The Morgan fingerprint density at radius 3 is 2.61 bits per heavy atom. The van der Waals surface area contributed by atoms with Gasteiger partial charge in [0.15, 0.2) is 0 Å². The number of hydrogen-bond acceptors (Lipinski definition) is 2. The second-order valence-electron chi connectivity index (χ2n) is 6.62. The molecule has 0 saturated carbocycles. The Kier molecular flexibility index (Phi) is 4.66. The minimum absolute atomic E-state index is 0.0652. The summed E-state index contributed by atoms with van der Waals surface area (Å²) in [7, 11) is 0. The summed E-state index contributed by atoms with van der Waals surface area (Å²) in [6.07, 6.45) is 0.341. The Balaban J connectivity index is 1.66. The third kappa shape index (κ3) is 3.24. The summed E-state index contributed by atoms with van der Waals surface area (Å²) >= 11 is 0. The third-order valence-electron chi connectivity index (χ3n) is 5.16. The molecule has 1 aromatic rings. The van der Waals surface area contributed by atoms with Crippen LogP contribution >= 0.6 is 0 Å². The summed E-state index contributed by atoms with van der Waals surface area (Å²) < 4.78 is 0. The Labute approximate surface area is 137 Å². The van der Waals surface area contributed by atoms with Gasteiger partial charge in [-0.05, 0) is 25.5 Å². The molecule has 0 bridgehead atoms. The number of amides is 2. The molecule has 5 heteroatoms. The Morgan fingerprint density at radius 1 is 1.26 bits per heavy atom. The van der Waals surface area contributed by atoms with Gasteiger partial charge < -0.3 is 14.7 Å². The number of aryl methyl sites for hydroxylation is 1. The molecule has 1 atom stereocenters. The minimum Gasteiger partial charge on any atom is -0.332 e. The van der Waals surface area contributed by atoms with Crippen molar-refractivity contribution in [2.45, 2.75) is 20.3 Å². The fourth-order valence-electron chi connectivity index (χ4n) is 3.63. The lowest BCUT2D eigenvalue weighted by molar-refractivity contribution is -0.902. The number of piperazine rings is 1. The molecule has 3 rings (SSSR count). The second kappa shape index (κ2) is 6.71. The van der Waals surface area contributed by atoms with E-state index < -0.39 is 0 Å². The van der Waals surface area contributed by atoms with Crippen molar-refractivity contribution in [2.75, 3.05) is 44.2 Å². The van der Waals surface area contributed by atoms with E-state index in [4.69, 9.17) is 0 Å². The van der Waals surface area contributed by atoms with Crippen LogP contribution in [0.2, 0.25) is 0 Å². The lowest BCUT2D eigenvalue weighted by atomic mass is 10.1.